The normalized spacial score (nSPS) is 17.6. The first-order valence-corrected chi connectivity index (χ1v) is 6.18. The van der Waals surface area contributed by atoms with Crippen LogP contribution in [0.4, 0.5) is 0 Å². The van der Waals surface area contributed by atoms with Gasteiger partial charge in [0.15, 0.2) is 0 Å². The fourth-order valence-electron chi connectivity index (χ4n) is 2.06. The summed E-state index contributed by atoms with van der Waals surface area (Å²) in [5, 5.41) is 0. The third-order valence-electron chi connectivity index (χ3n) is 3.07. The Morgan fingerprint density at radius 3 is 2.65 bits per heavy atom. The van der Waals surface area contributed by atoms with Crippen LogP contribution in [0.25, 0.3) is 0 Å². The Morgan fingerprint density at radius 1 is 1.29 bits per heavy atom. The van der Waals surface area contributed by atoms with Crippen LogP contribution in [0.2, 0.25) is 0 Å². The molecule has 1 saturated heterocycles. The van der Waals surface area contributed by atoms with E-state index in [2.05, 4.69) is 4.90 Å². The maximum Gasteiger partial charge on any atom is 0.250 e. The predicted molar refractivity (Wildman–Crippen MR) is 67.2 cm³/mol. The predicted octanol–water partition coefficient (Wildman–Crippen LogP) is 1.26. The molecule has 0 amide bonds. The third kappa shape index (κ3) is 3.17. The summed E-state index contributed by atoms with van der Waals surface area (Å²) >= 11 is 0. The molecule has 0 atom stereocenters. The van der Waals surface area contributed by atoms with Crippen molar-refractivity contribution in [3.8, 4) is 0 Å². The number of aromatic nitrogens is 1. The average molecular weight is 236 g/mol. The molecule has 0 saturated carbocycles. The van der Waals surface area contributed by atoms with Crippen molar-refractivity contribution in [1.29, 1.82) is 0 Å². The second-order valence-electron chi connectivity index (χ2n) is 4.77. The van der Waals surface area contributed by atoms with Crippen LogP contribution < -0.4 is 5.56 Å². The van der Waals surface area contributed by atoms with Crippen LogP contribution in [0.1, 0.15) is 25.5 Å². The SMILES string of the molecule is CC(C)n1cc(CN2CCOCC2)ccc1=O. The van der Waals surface area contributed by atoms with Gasteiger partial charge in [-0.2, -0.15) is 0 Å². The summed E-state index contributed by atoms with van der Waals surface area (Å²) in [6, 6.07) is 3.80. The van der Waals surface area contributed by atoms with Crippen LogP contribution in [0.3, 0.4) is 0 Å². The monoisotopic (exact) mass is 236 g/mol. The summed E-state index contributed by atoms with van der Waals surface area (Å²) in [4.78, 5) is 14.0. The lowest BCUT2D eigenvalue weighted by molar-refractivity contribution is 0.0341. The molecule has 1 fully saturated rings. The smallest absolute Gasteiger partial charge is 0.250 e. The highest BCUT2D eigenvalue weighted by Crippen LogP contribution is 2.07. The lowest BCUT2D eigenvalue weighted by Crippen LogP contribution is -2.36. The first-order chi connectivity index (χ1) is 8.16. The highest BCUT2D eigenvalue weighted by atomic mass is 16.5. The average Bonchev–Trinajstić information content (AvgIpc) is 2.32. The maximum absolute atomic E-state index is 11.6. The first-order valence-electron chi connectivity index (χ1n) is 6.18. The van der Waals surface area contributed by atoms with Gasteiger partial charge in [-0.25, -0.2) is 0 Å². The molecule has 0 aromatic carbocycles. The van der Waals surface area contributed by atoms with E-state index in [-0.39, 0.29) is 11.6 Å². The lowest BCUT2D eigenvalue weighted by atomic mass is 10.2. The largest absolute Gasteiger partial charge is 0.379 e. The van der Waals surface area contributed by atoms with Crippen LogP contribution >= 0.6 is 0 Å². The van der Waals surface area contributed by atoms with Crippen molar-refractivity contribution in [3.63, 3.8) is 0 Å². The number of morpholine rings is 1. The van der Waals surface area contributed by atoms with Gasteiger partial charge in [-0.15, -0.1) is 0 Å². The maximum atomic E-state index is 11.6. The molecule has 0 radical (unpaired) electrons. The molecule has 0 unspecified atom stereocenters. The van der Waals surface area contributed by atoms with Crippen LogP contribution in [0.15, 0.2) is 23.1 Å². The number of pyridine rings is 1. The molecule has 2 heterocycles. The fraction of sp³-hybridized carbons (Fsp3) is 0.615. The molecule has 1 aromatic heterocycles. The van der Waals surface area contributed by atoms with Gasteiger partial charge in [0, 0.05) is 37.9 Å². The van der Waals surface area contributed by atoms with Crippen molar-refractivity contribution >= 4 is 0 Å². The van der Waals surface area contributed by atoms with E-state index in [0.717, 1.165) is 32.8 Å². The Kier molecular flexibility index (Phi) is 3.97. The van der Waals surface area contributed by atoms with Gasteiger partial charge in [-0.1, -0.05) is 6.07 Å². The topological polar surface area (TPSA) is 34.5 Å². The summed E-state index contributed by atoms with van der Waals surface area (Å²) in [6.45, 7) is 8.52. The van der Waals surface area contributed by atoms with E-state index in [9.17, 15) is 4.79 Å². The number of nitrogens with zero attached hydrogens (tertiary/aromatic N) is 2. The highest BCUT2D eigenvalue weighted by Gasteiger charge is 2.11. The molecule has 0 N–H and O–H groups in total. The van der Waals surface area contributed by atoms with E-state index in [4.69, 9.17) is 4.74 Å². The molecule has 4 heteroatoms. The van der Waals surface area contributed by atoms with Crippen molar-refractivity contribution in [1.82, 2.24) is 9.47 Å². The van der Waals surface area contributed by atoms with E-state index in [1.807, 2.05) is 26.1 Å². The van der Waals surface area contributed by atoms with Gasteiger partial charge in [0.2, 0.25) is 0 Å². The van der Waals surface area contributed by atoms with Crippen molar-refractivity contribution < 1.29 is 4.74 Å². The van der Waals surface area contributed by atoms with E-state index < -0.39 is 0 Å². The van der Waals surface area contributed by atoms with Crippen molar-refractivity contribution in [3.05, 3.63) is 34.2 Å². The first kappa shape index (κ1) is 12.3. The molecule has 17 heavy (non-hydrogen) atoms. The summed E-state index contributed by atoms with van der Waals surface area (Å²) in [7, 11) is 0. The molecular weight excluding hydrogens is 216 g/mol. The molecule has 4 nitrogen and oxygen atoms in total. The Balaban J connectivity index is 2.10. The van der Waals surface area contributed by atoms with E-state index in [0.29, 0.717) is 0 Å². The van der Waals surface area contributed by atoms with E-state index >= 15 is 0 Å². The minimum absolute atomic E-state index is 0.0747. The molecular formula is C13H20N2O2. The van der Waals surface area contributed by atoms with Gasteiger partial charge < -0.3 is 9.30 Å². The third-order valence-corrected chi connectivity index (χ3v) is 3.07. The second-order valence-corrected chi connectivity index (χ2v) is 4.77. The quantitative estimate of drug-likeness (QED) is 0.792. The molecule has 0 aliphatic carbocycles. The Hall–Kier alpha value is -1.13. The van der Waals surface area contributed by atoms with Crippen molar-refractivity contribution in [2.45, 2.75) is 26.4 Å². The number of hydrogen-bond acceptors (Lipinski definition) is 3. The van der Waals surface area contributed by atoms with E-state index in [1.165, 1.54) is 5.56 Å². The van der Waals surface area contributed by atoms with E-state index in [1.54, 1.807) is 10.6 Å². The minimum Gasteiger partial charge on any atom is -0.379 e. The van der Waals surface area contributed by atoms with Gasteiger partial charge in [-0.05, 0) is 19.4 Å². The Bertz CT molecular complexity index is 420. The molecule has 1 aliphatic heterocycles. The van der Waals surface area contributed by atoms with Crippen LogP contribution in [0, 0.1) is 0 Å². The molecule has 2 rings (SSSR count). The summed E-state index contributed by atoms with van der Waals surface area (Å²) in [5.41, 5.74) is 1.27. The number of rotatable bonds is 3. The zero-order valence-electron chi connectivity index (χ0n) is 10.6. The summed E-state index contributed by atoms with van der Waals surface area (Å²) < 4.78 is 7.11. The number of ether oxygens (including phenoxy) is 1. The highest BCUT2D eigenvalue weighted by molar-refractivity contribution is 5.10. The van der Waals surface area contributed by atoms with Crippen molar-refractivity contribution in [2.75, 3.05) is 26.3 Å². The summed E-state index contributed by atoms with van der Waals surface area (Å²) in [5.74, 6) is 0. The van der Waals surface area contributed by atoms with Gasteiger partial charge in [0.05, 0.1) is 13.2 Å². The molecule has 1 aliphatic rings. The minimum atomic E-state index is 0.0747. The Labute approximate surface area is 102 Å². The molecule has 94 valence electrons. The van der Waals surface area contributed by atoms with Crippen LogP contribution in [-0.2, 0) is 11.3 Å². The van der Waals surface area contributed by atoms with Gasteiger partial charge in [0.1, 0.15) is 0 Å². The summed E-state index contributed by atoms with van der Waals surface area (Å²) in [6.07, 6.45) is 1.97. The van der Waals surface area contributed by atoms with Gasteiger partial charge >= 0.3 is 0 Å². The fourth-order valence-corrected chi connectivity index (χ4v) is 2.06. The van der Waals surface area contributed by atoms with Crippen molar-refractivity contribution in [2.24, 2.45) is 0 Å². The zero-order chi connectivity index (χ0) is 12.3. The van der Waals surface area contributed by atoms with Gasteiger partial charge in [0.25, 0.3) is 5.56 Å². The molecule has 0 bridgehead atoms. The second kappa shape index (κ2) is 5.47. The molecule has 0 spiro atoms. The zero-order valence-corrected chi connectivity index (χ0v) is 10.6. The number of hydrogen-bond donors (Lipinski definition) is 0. The molecule has 1 aromatic rings. The lowest BCUT2D eigenvalue weighted by Gasteiger charge is -2.26. The van der Waals surface area contributed by atoms with Gasteiger partial charge in [-0.3, -0.25) is 9.69 Å². The van der Waals surface area contributed by atoms with Crippen LogP contribution in [0.5, 0.6) is 0 Å². The Morgan fingerprint density at radius 2 is 2.00 bits per heavy atom. The van der Waals surface area contributed by atoms with Crippen LogP contribution in [-0.4, -0.2) is 35.8 Å². The standard InChI is InChI=1S/C13H20N2O2/c1-11(2)15-10-12(3-4-13(15)16)9-14-5-7-17-8-6-14/h3-4,10-11H,5-9H2,1-2H3.